The summed E-state index contributed by atoms with van der Waals surface area (Å²) >= 11 is 1.35. The Hall–Kier alpha value is -1.18. The van der Waals surface area contributed by atoms with E-state index in [2.05, 4.69) is 9.10 Å². The van der Waals surface area contributed by atoms with Gasteiger partial charge in [0.05, 0.1) is 11.2 Å². The van der Waals surface area contributed by atoms with E-state index < -0.39 is 10.2 Å². The van der Waals surface area contributed by atoms with E-state index in [4.69, 9.17) is 0 Å². The predicted octanol–water partition coefficient (Wildman–Crippen LogP) is 2.29. The average molecular weight is 285 g/mol. The van der Waals surface area contributed by atoms with Crippen molar-refractivity contribution >= 4 is 38.3 Å². The first-order valence-electron chi connectivity index (χ1n) is 5.50. The smallest absolute Gasteiger partial charge is 0.271 e. The van der Waals surface area contributed by atoms with Gasteiger partial charge in [-0.05, 0) is 43.6 Å². The Kier molecular flexibility index (Phi) is 3.56. The van der Waals surface area contributed by atoms with Crippen LogP contribution in [0.3, 0.4) is 0 Å². The Morgan fingerprint density at radius 1 is 1.39 bits per heavy atom. The summed E-state index contributed by atoms with van der Waals surface area (Å²) in [5, 5.41) is 2.83. The van der Waals surface area contributed by atoms with Gasteiger partial charge in [-0.1, -0.05) is 0 Å². The number of hydrogen-bond donors (Lipinski definition) is 1. The molecule has 0 saturated heterocycles. The number of fused-ring (bicyclic) bond motifs is 1. The molecule has 0 aliphatic carbocycles. The van der Waals surface area contributed by atoms with E-state index in [-0.39, 0.29) is 6.04 Å². The van der Waals surface area contributed by atoms with Gasteiger partial charge in [-0.2, -0.15) is 17.1 Å². The fourth-order valence-corrected chi connectivity index (χ4v) is 3.19. The van der Waals surface area contributed by atoms with E-state index >= 15 is 0 Å². The Labute approximate surface area is 111 Å². The molecule has 98 valence electrons. The molecule has 0 saturated carbocycles. The lowest BCUT2D eigenvalue weighted by Gasteiger charge is -2.21. The molecule has 0 amide bonds. The van der Waals surface area contributed by atoms with Crippen molar-refractivity contribution in [2.45, 2.75) is 19.9 Å². The summed E-state index contributed by atoms with van der Waals surface area (Å²) in [6, 6.07) is 5.21. The average Bonchev–Trinajstić information content (AvgIpc) is 2.74. The summed E-state index contributed by atoms with van der Waals surface area (Å²) in [7, 11) is -1.94. The molecule has 0 atom stereocenters. The second-order valence-electron chi connectivity index (χ2n) is 4.31. The normalized spacial score (nSPS) is 12.5. The molecule has 18 heavy (non-hydrogen) atoms. The first-order chi connectivity index (χ1) is 8.40. The number of hydrogen-bond acceptors (Lipinski definition) is 4. The summed E-state index contributed by atoms with van der Waals surface area (Å²) in [6.07, 6.45) is 0. The van der Waals surface area contributed by atoms with Crippen molar-refractivity contribution in [3.63, 3.8) is 0 Å². The summed E-state index contributed by atoms with van der Waals surface area (Å²) in [5.74, 6) is 0. The molecule has 5 nitrogen and oxygen atoms in total. The van der Waals surface area contributed by atoms with Gasteiger partial charge in [0.1, 0.15) is 0 Å². The Morgan fingerprint density at radius 2 is 2.11 bits per heavy atom. The third-order valence-electron chi connectivity index (χ3n) is 2.71. The highest BCUT2D eigenvalue weighted by atomic mass is 32.2. The molecular formula is C11H15N3O2S2. The molecule has 0 unspecified atom stereocenters. The van der Waals surface area contributed by atoms with Gasteiger partial charge >= 0.3 is 10.2 Å². The topological polar surface area (TPSA) is 62.3 Å². The maximum atomic E-state index is 12.0. The molecule has 1 heterocycles. The van der Waals surface area contributed by atoms with E-state index in [9.17, 15) is 8.42 Å². The van der Waals surface area contributed by atoms with Crippen molar-refractivity contribution in [1.29, 1.82) is 0 Å². The second-order valence-corrected chi connectivity index (χ2v) is 6.66. The van der Waals surface area contributed by atoms with Crippen LogP contribution in [0.5, 0.6) is 0 Å². The first-order valence-corrected chi connectivity index (χ1v) is 7.78. The minimum absolute atomic E-state index is 0.0888. The van der Waals surface area contributed by atoms with Gasteiger partial charge in [0.15, 0.2) is 0 Å². The fraction of sp³-hybridized carbons (Fsp3) is 0.364. The summed E-state index contributed by atoms with van der Waals surface area (Å²) in [5.41, 5.74) is 1.43. The maximum Gasteiger partial charge on any atom is 0.301 e. The van der Waals surface area contributed by atoms with Gasteiger partial charge in [-0.15, -0.1) is 0 Å². The molecule has 0 bridgehead atoms. The number of nitrogens with one attached hydrogen (secondary N) is 1. The van der Waals surface area contributed by atoms with E-state index in [1.54, 1.807) is 25.2 Å². The van der Waals surface area contributed by atoms with E-state index in [1.807, 2.05) is 19.2 Å². The summed E-state index contributed by atoms with van der Waals surface area (Å²) in [6.45, 7) is 3.65. The van der Waals surface area contributed by atoms with Crippen molar-refractivity contribution in [1.82, 2.24) is 8.68 Å². The lowest BCUT2D eigenvalue weighted by atomic mass is 10.2. The largest absolute Gasteiger partial charge is 0.301 e. The molecule has 2 aromatic rings. The van der Waals surface area contributed by atoms with E-state index in [0.29, 0.717) is 5.69 Å². The molecule has 0 radical (unpaired) electrons. The van der Waals surface area contributed by atoms with Gasteiger partial charge in [0.25, 0.3) is 0 Å². The third kappa shape index (κ3) is 2.63. The van der Waals surface area contributed by atoms with Gasteiger partial charge in [-0.3, -0.25) is 4.72 Å². The van der Waals surface area contributed by atoms with Crippen LogP contribution in [0.1, 0.15) is 13.8 Å². The predicted molar refractivity (Wildman–Crippen MR) is 75.1 cm³/mol. The molecule has 1 aromatic carbocycles. The lowest BCUT2D eigenvalue weighted by molar-refractivity contribution is 0.414. The highest BCUT2D eigenvalue weighted by Gasteiger charge is 2.20. The zero-order valence-corrected chi connectivity index (χ0v) is 12.0. The summed E-state index contributed by atoms with van der Waals surface area (Å²) < 4.78 is 32.1. The quantitative estimate of drug-likeness (QED) is 0.937. The van der Waals surface area contributed by atoms with Crippen LogP contribution < -0.4 is 4.72 Å². The zero-order chi connectivity index (χ0) is 13.3. The summed E-state index contributed by atoms with van der Waals surface area (Å²) in [4.78, 5) is 0. The molecular weight excluding hydrogens is 270 g/mol. The van der Waals surface area contributed by atoms with Crippen LogP contribution >= 0.6 is 11.5 Å². The van der Waals surface area contributed by atoms with E-state index in [0.717, 1.165) is 10.9 Å². The van der Waals surface area contributed by atoms with Crippen LogP contribution in [0.4, 0.5) is 5.69 Å². The zero-order valence-electron chi connectivity index (χ0n) is 10.4. The minimum atomic E-state index is -3.50. The van der Waals surface area contributed by atoms with Crippen molar-refractivity contribution in [3.8, 4) is 0 Å². The molecule has 7 heteroatoms. The Bertz CT molecular complexity index is 649. The highest BCUT2D eigenvalue weighted by molar-refractivity contribution is 7.90. The van der Waals surface area contributed by atoms with Crippen LogP contribution in [0.2, 0.25) is 0 Å². The molecule has 0 fully saturated rings. The van der Waals surface area contributed by atoms with E-state index in [1.165, 1.54) is 15.8 Å². The van der Waals surface area contributed by atoms with Crippen molar-refractivity contribution < 1.29 is 8.42 Å². The van der Waals surface area contributed by atoms with Gasteiger partial charge in [0.2, 0.25) is 0 Å². The number of aromatic nitrogens is 1. The second kappa shape index (κ2) is 4.83. The monoisotopic (exact) mass is 285 g/mol. The Morgan fingerprint density at radius 3 is 2.78 bits per heavy atom. The highest BCUT2D eigenvalue weighted by Crippen LogP contribution is 2.21. The van der Waals surface area contributed by atoms with Crippen molar-refractivity contribution in [2.75, 3.05) is 11.8 Å². The maximum absolute atomic E-state index is 12.0. The minimum Gasteiger partial charge on any atom is -0.271 e. The SMILES string of the molecule is CC(C)N(C)S(=O)(=O)Nc1ccc2nscc2c1. The van der Waals surface area contributed by atoms with Crippen LogP contribution in [-0.4, -0.2) is 30.2 Å². The molecule has 1 N–H and O–H groups in total. The number of rotatable bonds is 4. The third-order valence-corrected chi connectivity index (χ3v) is 5.05. The van der Waals surface area contributed by atoms with Crippen LogP contribution in [-0.2, 0) is 10.2 Å². The van der Waals surface area contributed by atoms with Gasteiger partial charge in [-0.25, -0.2) is 0 Å². The van der Waals surface area contributed by atoms with Crippen molar-refractivity contribution in [3.05, 3.63) is 23.6 Å². The molecule has 1 aromatic heterocycles. The molecule has 0 spiro atoms. The molecule has 0 aliphatic heterocycles. The number of anilines is 1. The van der Waals surface area contributed by atoms with Crippen LogP contribution in [0.25, 0.3) is 10.9 Å². The van der Waals surface area contributed by atoms with Crippen molar-refractivity contribution in [2.24, 2.45) is 0 Å². The van der Waals surface area contributed by atoms with Crippen LogP contribution in [0.15, 0.2) is 23.6 Å². The number of benzene rings is 1. The van der Waals surface area contributed by atoms with Crippen LogP contribution in [0, 0.1) is 0 Å². The lowest BCUT2D eigenvalue weighted by Crippen LogP contribution is -2.37. The number of nitrogens with zero attached hydrogens (tertiary/aromatic N) is 2. The fourth-order valence-electron chi connectivity index (χ4n) is 1.43. The van der Waals surface area contributed by atoms with Gasteiger partial charge in [0, 0.05) is 23.9 Å². The Balaban J connectivity index is 2.28. The first kappa shape index (κ1) is 13.3. The molecule has 0 aliphatic rings. The standard InChI is InChI=1S/C11H15N3O2S2/c1-8(2)14(3)18(15,16)13-10-4-5-11-9(6-10)7-17-12-11/h4-8,13H,1-3H3. The van der Waals surface area contributed by atoms with Gasteiger partial charge < -0.3 is 0 Å². The molecule has 2 rings (SSSR count).